The van der Waals surface area contributed by atoms with E-state index < -0.39 is 5.97 Å². The largest absolute Gasteiger partial charge is 0.461 e. The summed E-state index contributed by atoms with van der Waals surface area (Å²) in [4.78, 5) is 42.1. The summed E-state index contributed by atoms with van der Waals surface area (Å²) in [6.45, 7) is 10.2. The number of aryl methyl sites for hydroxylation is 1. The Hall–Kier alpha value is -2.11. The molecule has 0 spiro atoms. The third-order valence-electron chi connectivity index (χ3n) is 4.64. The number of carbonyl (C=O) groups is 3. The van der Waals surface area contributed by atoms with Gasteiger partial charge in [-0.1, -0.05) is 13.8 Å². The highest BCUT2D eigenvalue weighted by atomic mass is 16.5. The summed E-state index contributed by atoms with van der Waals surface area (Å²) in [7, 11) is 0. The fourth-order valence-electron chi connectivity index (χ4n) is 3.17. The maximum absolute atomic E-state index is 12.9. The van der Waals surface area contributed by atoms with Gasteiger partial charge in [0.1, 0.15) is 5.69 Å². The lowest BCUT2D eigenvalue weighted by Gasteiger charge is -2.23. The predicted molar refractivity (Wildman–Crippen MR) is 99.3 cm³/mol. The first-order chi connectivity index (χ1) is 12.2. The van der Waals surface area contributed by atoms with Crippen molar-refractivity contribution in [1.29, 1.82) is 0 Å². The number of nitrogens with zero attached hydrogens (tertiary/aromatic N) is 1. The van der Waals surface area contributed by atoms with Crippen LogP contribution in [0.2, 0.25) is 0 Å². The van der Waals surface area contributed by atoms with Crippen LogP contribution in [-0.2, 0) is 9.53 Å². The topological polar surface area (TPSA) is 79.5 Å². The van der Waals surface area contributed by atoms with Gasteiger partial charge in [0.25, 0.3) is 0 Å². The Balaban J connectivity index is 2.18. The molecule has 1 fully saturated rings. The van der Waals surface area contributed by atoms with E-state index in [1.54, 1.807) is 25.7 Å². The predicted octanol–water partition coefficient (Wildman–Crippen LogP) is 3.28. The molecule has 26 heavy (non-hydrogen) atoms. The second-order valence-electron chi connectivity index (χ2n) is 7.58. The zero-order valence-electron chi connectivity index (χ0n) is 16.5. The van der Waals surface area contributed by atoms with E-state index in [0.29, 0.717) is 41.4 Å². The lowest BCUT2D eigenvalue weighted by atomic mass is 10.0. The maximum Gasteiger partial charge on any atom is 0.355 e. The highest BCUT2D eigenvalue weighted by Gasteiger charge is 2.30. The Morgan fingerprint density at radius 3 is 2.42 bits per heavy atom. The number of ketones is 1. The van der Waals surface area contributed by atoms with Crippen molar-refractivity contribution in [2.45, 2.75) is 53.9 Å². The van der Waals surface area contributed by atoms with Crippen molar-refractivity contribution in [3.8, 4) is 0 Å². The summed E-state index contributed by atoms with van der Waals surface area (Å²) in [6.07, 6.45) is 2.68. The first kappa shape index (κ1) is 20.2. The lowest BCUT2D eigenvalue weighted by molar-refractivity contribution is -0.131. The highest BCUT2D eigenvalue weighted by Crippen LogP contribution is 2.30. The zero-order chi connectivity index (χ0) is 19.4. The van der Waals surface area contributed by atoms with E-state index in [1.165, 1.54) is 0 Å². The van der Waals surface area contributed by atoms with E-state index in [1.807, 2.05) is 13.8 Å². The summed E-state index contributed by atoms with van der Waals surface area (Å²) in [5, 5.41) is 0. The average molecular weight is 362 g/mol. The molecule has 0 aromatic carbocycles. The Labute approximate surface area is 155 Å². The number of amides is 1. The number of ether oxygens (including phenoxy) is 1. The molecule has 6 nitrogen and oxygen atoms in total. The van der Waals surface area contributed by atoms with E-state index in [2.05, 4.69) is 4.98 Å². The molecule has 1 aromatic rings. The van der Waals surface area contributed by atoms with Gasteiger partial charge in [0.15, 0.2) is 5.78 Å². The standard InChI is InChI=1S/C20H30N2O4/c1-6-26-20(25)19-13(4)18(14(5)21-19)16(23)11-22(10-15-7-8-15)17(24)9-12(2)3/h12,15,21H,6-11H2,1-5H3. The van der Waals surface area contributed by atoms with Crippen molar-refractivity contribution in [1.82, 2.24) is 9.88 Å². The molecule has 1 amide bonds. The molecule has 6 heteroatoms. The molecule has 0 saturated heterocycles. The minimum Gasteiger partial charge on any atom is -0.461 e. The lowest BCUT2D eigenvalue weighted by Crippen LogP contribution is -2.38. The second kappa shape index (κ2) is 8.52. The highest BCUT2D eigenvalue weighted by molar-refractivity contribution is 6.04. The number of carbonyl (C=O) groups excluding carboxylic acids is 3. The van der Waals surface area contributed by atoms with Gasteiger partial charge in [-0.3, -0.25) is 9.59 Å². The van der Waals surface area contributed by atoms with Crippen LogP contribution in [0.25, 0.3) is 0 Å². The summed E-state index contributed by atoms with van der Waals surface area (Å²) < 4.78 is 5.03. The van der Waals surface area contributed by atoms with Crippen LogP contribution in [0.5, 0.6) is 0 Å². The normalized spacial score (nSPS) is 13.8. The molecular weight excluding hydrogens is 332 g/mol. The van der Waals surface area contributed by atoms with Crippen LogP contribution < -0.4 is 0 Å². The molecule has 1 aromatic heterocycles. The molecule has 1 heterocycles. The Kier molecular flexibility index (Phi) is 6.62. The van der Waals surface area contributed by atoms with Crippen molar-refractivity contribution < 1.29 is 19.1 Å². The van der Waals surface area contributed by atoms with Gasteiger partial charge in [-0.2, -0.15) is 0 Å². The maximum atomic E-state index is 12.9. The van der Waals surface area contributed by atoms with Crippen LogP contribution in [0, 0.1) is 25.7 Å². The van der Waals surface area contributed by atoms with Crippen LogP contribution in [0.3, 0.4) is 0 Å². The van der Waals surface area contributed by atoms with Gasteiger partial charge in [-0.25, -0.2) is 4.79 Å². The van der Waals surface area contributed by atoms with Crippen LogP contribution in [-0.4, -0.2) is 47.2 Å². The van der Waals surface area contributed by atoms with Crippen LogP contribution >= 0.6 is 0 Å². The van der Waals surface area contributed by atoms with Crippen molar-refractivity contribution in [2.75, 3.05) is 19.7 Å². The third kappa shape index (κ3) is 4.96. The summed E-state index contributed by atoms with van der Waals surface area (Å²) in [6, 6.07) is 0. The van der Waals surface area contributed by atoms with Gasteiger partial charge in [-0.15, -0.1) is 0 Å². The molecule has 1 aliphatic rings. The SMILES string of the molecule is CCOC(=O)c1[nH]c(C)c(C(=O)CN(CC2CC2)C(=O)CC(C)C)c1C. The quantitative estimate of drug-likeness (QED) is 0.540. The summed E-state index contributed by atoms with van der Waals surface area (Å²) in [5.41, 5.74) is 2.04. The molecule has 0 aliphatic heterocycles. The molecule has 1 aliphatic carbocycles. The number of aromatic amines is 1. The first-order valence-electron chi connectivity index (χ1n) is 9.41. The molecule has 1 saturated carbocycles. The van der Waals surface area contributed by atoms with Crippen molar-refractivity contribution in [2.24, 2.45) is 11.8 Å². The van der Waals surface area contributed by atoms with Crippen LogP contribution in [0.1, 0.15) is 72.1 Å². The third-order valence-corrected chi connectivity index (χ3v) is 4.64. The average Bonchev–Trinajstić information content (AvgIpc) is 3.30. The van der Waals surface area contributed by atoms with Crippen molar-refractivity contribution in [3.63, 3.8) is 0 Å². The Morgan fingerprint density at radius 1 is 1.23 bits per heavy atom. The number of H-pyrrole nitrogens is 1. The first-order valence-corrected chi connectivity index (χ1v) is 9.41. The minimum atomic E-state index is -0.460. The van der Waals surface area contributed by atoms with E-state index in [4.69, 9.17) is 4.74 Å². The fourth-order valence-corrected chi connectivity index (χ4v) is 3.17. The van der Waals surface area contributed by atoms with Crippen LogP contribution in [0.15, 0.2) is 0 Å². The summed E-state index contributed by atoms with van der Waals surface area (Å²) in [5.74, 6) is 0.201. The minimum absolute atomic E-state index is 0.0247. The number of nitrogens with one attached hydrogen (secondary N) is 1. The molecule has 0 atom stereocenters. The Morgan fingerprint density at radius 2 is 1.88 bits per heavy atom. The molecule has 0 unspecified atom stereocenters. The van der Waals surface area contributed by atoms with Crippen molar-refractivity contribution >= 4 is 17.7 Å². The number of aromatic nitrogens is 1. The second-order valence-corrected chi connectivity index (χ2v) is 7.58. The van der Waals surface area contributed by atoms with Gasteiger partial charge in [0.05, 0.1) is 13.2 Å². The van der Waals surface area contributed by atoms with E-state index >= 15 is 0 Å². The van der Waals surface area contributed by atoms with Crippen molar-refractivity contribution in [3.05, 3.63) is 22.5 Å². The van der Waals surface area contributed by atoms with Gasteiger partial charge >= 0.3 is 5.97 Å². The summed E-state index contributed by atoms with van der Waals surface area (Å²) >= 11 is 0. The molecule has 2 rings (SSSR count). The van der Waals surface area contributed by atoms with Crippen LogP contribution in [0.4, 0.5) is 0 Å². The molecule has 0 radical (unpaired) electrons. The molecule has 144 valence electrons. The van der Waals surface area contributed by atoms with E-state index in [0.717, 1.165) is 12.8 Å². The number of hydrogen-bond acceptors (Lipinski definition) is 4. The molecular formula is C20H30N2O4. The van der Waals surface area contributed by atoms with Gasteiger partial charge in [0.2, 0.25) is 5.91 Å². The number of esters is 1. The number of Topliss-reactive ketones (excluding diaryl/α,β-unsaturated/α-hetero) is 1. The fraction of sp³-hybridized carbons (Fsp3) is 0.650. The monoisotopic (exact) mass is 362 g/mol. The molecule has 1 N–H and O–H groups in total. The number of rotatable bonds is 9. The van der Waals surface area contributed by atoms with Gasteiger partial charge in [0, 0.05) is 24.2 Å². The van der Waals surface area contributed by atoms with Gasteiger partial charge in [-0.05, 0) is 51.0 Å². The molecule has 0 bridgehead atoms. The number of hydrogen-bond donors (Lipinski definition) is 1. The van der Waals surface area contributed by atoms with Gasteiger partial charge < -0.3 is 14.6 Å². The smallest absolute Gasteiger partial charge is 0.355 e. The zero-order valence-corrected chi connectivity index (χ0v) is 16.5. The van der Waals surface area contributed by atoms with E-state index in [-0.39, 0.29) is 30.8 Å². The Bertz CT molecular complexity index is 686. The van der Waals surface area contributed by atoms with E-state index in [9.17, 15) is 14.4 Å².